The van der Waals surface area contributed by atoms with Crippen molar-refractivity contribution < 1.29 is 9.53 Å². The average Bonchev–Trinajstić information content (AvgIpc) is 2.89. The first-order valence-electron chi connectivity index (χ1n) is 9.65. The number of ether oxygens (including phenoxy) is 1. The van der Waals surface area contributed by atoms with Crippen LogP contribution in [0, 0.1) is 0 Å². The lowest BCUT2D eigenvalue weighted by Crippen LogP contribution is -2.47. The number of carbonyl (C=O) groups excluding carboxylic acids is 1. The number of likely N-dealkylation sites (tertiary alicyclic amines) is 1. The van der Waals surface area contributed by atoms with Gasteiger partial charge >= 0.3 is 0 Å². The van der Waals surface area contributed by atoms with E-state index in [1.165, 1.54) is 29.2 Å². The molecular formula is C22H30N2O2. The lowest BCUT2D eigenvalue weighted by molar-refractivity contribution is -0.138. The molecule has 4 nitrogen and oxygen atoms in total. The highest BCUT2D eigenvalue weighted by Crippen LogP contribution is 2.22. The van der Waals surface area contributed by atoms with Crippen LogP contribution in [0.4, 0.5) is 0 Å². The van der Waals surface area contributed by atoms with E-state index < -0.39 is 0 Å². The maximum atomic E-state index is 13.3. The molecule has 2 aromatic carbocycles. The van der Waals surface area contributed by atoms with Gasteiger partial charge in [-0.25, -0.2) is 0 Å². The van der Waals surface area contributed by atoms with Crippen LogP contribution in [-0.2, 0) is 16.1 Å². The van der Waals surface area contributed by atoms with Crippen LogP contribution in [0.5, 0.6) is 0 Å². The summed E-state index contributed by atoms with van der Waals surface area (Å²) in [5.41, 5.74) is 1.20. The number of hydrogen-bond donors (Lipinski definition) is 0. The van der Waals surface area contributed by atoms with Crippen molar-refractivity contribution in [2.75, 3.05) is 33.9 Å². The highest BCUT2D eigenvalue weighted by molar-refractivity contribution is 5.87. The summed E-state index contributed by atoms with van der Waals surface area (Å²) < 4.78 is 5.28. The highest BCUT2D eigenvalue weighted by Gasteiger charge is 2.29. The minimum absolute atomic E-state index is 0.00988. The molecule has 0 aromatic heterocycles. The molecule has 0 spiro atoms. The van der Waals surface area contributed by atoms with E-state index in [0.717, 1.165) is 19.4 Å². The molecule has 0 aliphatic carbocycles. The Kier molecular flexibility index (Phi) is 6.64. The van der Waals surface area contributed by atoms with Gasteiger partial charge in [0.1, 0.15) is 0 Å². The fraction of sp³-hybridized carbons (Fsp3) is 0.500. The van der Waals surface area contributed by atoms with Crippen LogP contribution < -0.4 is 0 Å². The van der Waals surface area contributed by atoms with Crippen molar-refractivity contribution in [3.63, 3.8) is 0 Å². The first-order chi connectivity index (χ1) is 12.7. The third-order valence-corrected chi connectivity index (χ3v) is 5.42. The summed E-state index contributed by atoms with van der Waals surface area (Å²) >= 11 is 0. The largest absolute Gasteiger partial charge is 0.383 e. The van der Waals surface area contributed by atoms with E-state index in [1.807, 2.05) is 4.90 Å². The number of fused-ring (bicyclic) bond motifs is 1. The molecule has 1 aliphatic rings. The molecule has 1 atom stereocenters. The van der Waals surface area contributed by atoms with E-state index in [1.54, 1.807) is 7.11 Å². The van der Waals surface area contributed by atoms with Crippen LogP contribution in [0.15, 0.2) is 42.5 Å². The van der Waals surface area contributed by atoms with Crippen LogP contribution in [-0.4, -0.2) is 55.6 Å². The smallest absolute Gasteiger partial charge is 0.240 e. The predicted molar refractivity (Wildman–Crippen MR) is 106 cm³/mol. The minimum Gasteiger partial charge on any atom is -0.383 e. The number of methoxy groups -OCH3 is 1. The zero-order valence-electron chi connectivity index (χ0n) is 16.0. The lowest BCUT2D eigenvalue weighted by Gasteiger charge is -2.31. The highest BCUT2D eigenvalue weighted by atomic mass is 16.5. The van der Waals surface area contributed by atoms with Gasteiger partial charge in [-0.1, -0.05) is 55.3 Å². The third-order valence-electron chi connectivity index (χ3n) is 5.42. The molecule has 1 fully saturated rings. The van der Waals surface area contributed by atoms with Gasteiger partial charge < -0.3 is 9.64 Å². The van der Waals surface area contributed by atoms with E-state index >= 15 is 0 Å². The molecule has 4 heteroatoms. The van der Waals surface area contributed by atoms with Crippen molar-refractivity contribution in [1.29, 1.82) is 0 Å². The predicted octanol–water partition coefficient (Wildman–Crippen LogP) is 3.69. The Hall–Kier alpha value is -1.91. The number of likely N-dealkylation sites (N-methyl/N-ethyl adjacent to an activating group) is 1. The normalized spacial score (nSPS) is 18.6. The zero-order valence-corrected chi connectivity index (χ0v) is 16.0. The van der Waals surface area contributed by atoms with E-state index in [9.17, 15) is 4.79 Å². The topological polar surface area (TPSA) is 32.8 Å². The van der Waals surface area contributed by atoms with E-state index in [2.05, 4.69) is 54.4 Å². The number of rotatable bonds is 6. The summed E-state index contributed by atoms with van der Waals surface area (Å²) in [4.78, 5) is 17.6. The van der Waals surface area contributed by atoms with Gasteiger partial charge in [0.15, 0.2) is 0 Å². The number of nitrogens with zero attached hydrogens (tertiary/aromatic N) is 2. The Morgan fingerprint density at radius 1 is 1.15 bits per heavy atom. The van der Waals surface area contributed by atoms with Gasteiger partial charge in [0.05, 0.1) is 12.6 Å². The first-order valence-corrected chi connectivity index (χ1v) is 9.65. The third kappa shape index (κ3) is 4.43. The molecule has 0 N–H and O–H groups in total. The monoisotopic (exact) mass is 354 g/mol. The number of hydrogen-bond acceptors (Lipinski definition) is 3. The average molecular weight is 354 g/mol. The molecule has 1 saturated heterocycles. The quantitative estimate of drug-likeness (QED) is 0.793. The van der Waals surface area contributed by atoms with Crippen LogP contribution in [0.2, 0.25) is 0 Å². The van der Waals surface area contributed by atoms with Crippen LogP contribution in [0.25, 0.3) is 10.8 Å². The van der Waals surface area contributed by atoms with Crippen molar-refractivity contribution in [1.82, 2.24) is 9.80 Å². The SMILES string of the molecule is COCCN(Cc1cccc2ccccc12)C(=O)C1CCCCCN1C. The minimum atomic E-state index is -0.00988. The fourth-order valence-electron chi connectivity index (χ4n) is 3.88. The van der Waals surface area contributed by atoms with Gasteiger partial charge in [0, 0.05) is 20.2 Å². The van der Waals surface area contributed by atoms with E-state index in [0.29, 0.717) is 19.7 Å². The second kappa shape index (κ2) is 9.15. The standard InChI is InChI=1S/C22H30N2O2/c1-23-14-7-3-4-13-21(23)22(25)24(15-16-26-2)17-19-11-8-10-18-9-5-6-12-20(18)19/h5-6,8-12,21H,3-4,7,13-17H2,1-2H3. The summed E-state index contributed by atoms with van der Waals surface area (Å²) in [5.74, 6) is 0.236. The van der Waals surface area contributed by atoms with Crippen molar-refractivity contribution >= 4 is 16.7 Å². The summed E-state index contributed by atoms with van der Waals surface area (Å²) in [6.45, 7) is 2.83. The summed E-state index contributed by atoms with van der Waals surface area (Å²) in [7, 11) is 3.78. The Balaban J connectivity index is 1.84. The molecule has 3 rings (SSSR count). The molecule has 0 saturated carbocycles. The second-order valence-corrected chi connectivity index (χ2v) is 7.24. The maximum absolute atomic E-state index is 13.3. The number of benzene rings is 2. The molecular weight excluding hydrogens is 324 g/mol. The molecule has 0 radical (unpaired) electrons. The summed E-state index contributed by atoms with van der Waals surface area (Å²) in [5, 5.41) is 2.44. The van der Waals surface area contributed by atoms with Crippen LogP contribution in [0.3, 0.4) is 0 Å². The Morgan fingerprint density at radius 3 is 2.81 bits per heavy atom. The van der Waals surface area contributed by atoms with Crippen molar-refractivity contribution in [2.45, 2.75) is 38.3 Å². The first kappa shape index (κ1) is 18.9. The fourth-order valence-corrected chi connectivity index (χ4v) is 3.88. The maximum Gasteiger partial charge on any atom is 0.240 e. The second-order valence-electron chi connectivity index (χ2n) is 7.24. The molecule has 0 bridgehead atoms. The Bertz CT molecular complexity index is 726. The molecule has 1 heterocycles. The van der Waals surface area contributed by atoms with Gasteiger partial charge in [-0.2, -0.15) is 0 Å². The van der Waals surface area contributed by atoms with Crippen molar-refractivity contribution in [2.24, 2.45) is 0 Å². The molecule has 1 unspecified atom stereocenters. The van der Waals surface area contributed by atoms with Crippen LogP contribution in [0.1, 0.15) is 31.2 Å². The van der Waals surface area contributed by atoms with Gasteiger partial charge in [-0.15, -0.1) is 0 Å². The lowest BCUT2D eigenvalue weighted by atomic mass is 10.0. The molecule has 1 aliphatic heterocycles. The molecule has 1 amide bonds. The van der Waals surface area contributed by atoms with E-state index in [-0.39, 0.29) is 11.9 Å². The molecule has 26 heavy (non-hydrogen) atoms. The molecule has 140 valence electrons. The van der Waals surface area contributed by atoms with Gasteiger partial charge in [-0.05, 0) is 42.8 Å². The summed E-state index contributed by atoms with van der Waals surface area (Å²) in [6, 6.07) is 14.7. The van der Waals surface area contributed by atoms with Crippen LogP contribution >= 0.6 is 0 Å². The van der Waals surface area contributed by atoms with Crippen molar-refractivity contribution in [3.8, 4) is 0 Å². The van der Waals surface area contributed by atoms with Crippen molar-refractivity contribution in [3.05, 3.63) is 48.0 Å². The van der Waals surface area contributed by atoms with Gasteiger partial charge in [0.2, 0.25) is 5.91 Å². The van der Waals surface area contributed by atoms with Gasteiger partial charge in [0.25, 0.3) is 0 Å². The molecule has 2 aromatic rings. The summed E-state index contributed by atoms with van der Waals surface area (Å²) in [6.07, 6.45) is 4.48. The van der Waals surface area contributed by atoms with Gasteiger partial charge in [-0.3, -0.25) is 9.69 Å². The number of amides is 1. The Morgan fingerprint density at radius 2 is 1.96 bits per heavy atom. The Labute approximate surface area is 156 Å². The van der Waals surface area contributed by atoms with E-state index in [4.69, 9.17) is 4.74 Å². The number of carbonyl (C=O) groups is 1. The zero-order chi connectivity index (χ0) is 18.4.